The highest BCUT2D eigenvalue weighted by Gasteiger charge is 1.95. The Labute approximate surface area is 65.3 Å². The van der Waals surface area contributed by atoms with Gasteiger partial charge in [0.15, 0.2) is 0 Å². The van der Waals surface area contributed by atoms with E-state index in [1.54, 1.807) is 6.92 Å². The lowest BCUT2D eigenvalue weighted by atomic mass is 10.4. The third-order valence-corrected chi connectivity index (χ3v) is 1.05. The fourth-order valence-electron chi connectivity index (χ4n) is 0.435. The molecule has 0 fully saturated rings. The molecule has 0 spiro atoms. The Kier molecular flexibility index (Phi) is 5.10. The number of hydrazine groups is 1. The minimum Gasteiger partial charge on any atom is -0.370 e. The summed E-state index contributed by atoms with van der Waals surface area (Å²) < 4.78 is 0. The molecule has 0 bridgehead atoms. The summed E-state index contributed by atoms with van der Waals surface area (Å²) in [5.41, 5.74) is 9.81. The van der Waals surface area contributed by atoms with E-state index in [1.807, 2.05) is 0 Å². The van der Waals surface area contributed by atoms with Crippen LogP contribution in [0.25, 0.3) is 0 Å². The molecule has 0 rings (SSSR count). The van der Waals surface area contributed by atoms with Crippen LogP contribution in [0.2, 0.25) is 0 Å². The zero-order chi connectivity index (χ0) is 8.69. The topological polar surface area (TPSA) is 84.2 Å². The van der Waals surface area contributed by atoms with E-state index in [2.05, 4.69) is 10.9 Å². The molecule has 64 valence electrons. The molecule has 0 aliphatic heterocycles. The summed E-state index contributed by atoms with van der Waals surface area (Å²) >= 11 is 0. The first kappa shape index (κ1) is 9.90. The number of hydrogen-bond acceptors (Lipinski definition) is 3. The third kappa shape index (κ3) is 6.79. The van der Waals surface area contributed by atoms with Gasteiger partial charge in [0, 0.05) is 19.4 Å². The Morgan fingerprint density at radius 3 is 2.55 bits per heavy atom. The molecule has 0 atom stereocenters. The van der Waals surface area contributed by atoms with Crippen LogP contribution in [0.15, 0.2) is 0 Å². The van der Waals surface area contributed by atoms with Crippen molar-refractivity contribution in [3.63, 3.8) is 0 Å². The predicted octanol–water partition coefficient (Wildman–Crippen LogP) is -1.11. The smallest absolute Gasteiger partial charge is 0.233 e. The molecule has 5 heteroatoms. The summed E-state index contributed by atoms with van der Waals surface area (Å²) in [5.74, 6) is -0.488. The number of rotatable bonds is 5. The Bertz CT molecular complexity index is 147. The highest BCUT2D eigenvalue weighted by Crippen LogP contribution is 1.73. The van der Waals surface area contributed by atoms with Gasteiger partial charge in [0.2, 0.25) is 11.8 Å². The number of nitrogens with one attached hydrogen (secondary N) is 2. The van der Waals surface area contributed by atoms with Gasteiger partial charge in [0.25, 0.3) is 0 Å². The van der Waals surface area contributed by atoms with Gasteiger partial charge in [-0.2, -0.15) is 0 Å². The van der Waals surface area contributed by atoms with Crippen molar-refractivity contribution in [3.05, 3.63) is 0 Å². The molecule has 0 saturated carbocycles. The molecule has 0 aliphatic carbocycles. The van der Waals surface area contributed by atoms with Gasteiger partial charge >= 0.3 is 0 Å². The predicted molar refractivity (Wildman–Crippen MR) is 40.2 cm³/mol. The first-order valence-corrected chi connectivity index (χ1v) is 3.46. The third-order valence-electron chi connectivity index (χ3n) is 1.05. The summed E-state index contributed by atoms with van der Waals surface area (Å²) in [5, 5.41) is 0. The van der Waals surface area contributed by atoms with Gasteiger partial charge in [0.05, 0.1) is 0 Å². The molecule has 0 saturated heterocycles. The second kappa shape index (κ2) is 5.67. The van der Waals surface area contributed by atoms with E-state index in [-0.39, 0.29) is 18.2 Å². The number of primary amides is 1. The lowest BCUT2D eigenvalue weighted by Gasteiger charge is -2.02. The van der Waals surface area contributed by atoms with E-state index in [0.717, 1.165) is 0 Å². The van der Waals surface area contributed by atoms with Crippen LogP contribution in [0.4, 0.5) is 0 Å². The van der Waals surface area contributed by atoms with Gasteiger partial charge in [-0.3, -0.25) is 15.0 Å². The van der Waals surface area contributed by atoms with Crippen molar-refractivity contribution in [1.82, 2.24) is 10.9 Å². The molecule has 0 radical (unpaired) electrons. The normalized spacial score (nSPS) is 9.18. The maximum atomic E-state index is 10.6. The van der Waals surface area contributed by atoms with Crippen molar-refractivity contribution in [2.45, 2.75) is 19.8 Å². The van der Waals surface area contributed by atoms with E-state index in [4.69, 9.17) is 5.73 Å². The van der Waals surface area contributed by atoms with Crippen LogP contribution >= 0.6 is 0 Å². The van der Waals surface area contributed by atoms with Crippen LogP contribution in [0.5, 0.6) is 0 Å². The van der Waals surface area contributed by atoms with Crippen LogP contribution < -0.4 is 16.6 Å². The summed E-state index contributed by atoms with van der Waals surface area (Å²) in [4.78, 5) is 20.7. The maximum Gasteiger partial charge on any atom is 0.233 e. The maximum absolute atomic E-state index is 10.6. The number of amides is 2. The lowest BCUT2D eigenvalue weighted by molar-refractivity contribution is -0.122. The Hall–Kier alpha value is -1.10. The molecule has 11 heavy (non-hydrogen) atoms. The summed E-state index contributed by atoms with van der Waals surface area (Å²) in [6, 6.07) is 0. The molecule has 0 aromatic rings. The molecule has 0 aliphatic rings. The van der Waals surface area contributed by atoms with Crippen molar-refractivity contribution in [2.24, 2.45) is 5.73 Å². The molecular weight excluding hydrogens is 146 g/mol. The SMILES string of the molecule is CCC(=O)NNCCC(N)=O. The molecule has 0 aromatic heterocycles. The van der Waals surface area contributed by atoms with Crippen LogP contribution in [0.3, 0.4) is 0 Å². The van der Waals surface area contributed by atoms with E-state index in [0.29, 0.717) is 13.0 Å². The zero-order valence-corrected chi connectivity index (χ0v) is 6.52. The first-order chi connectivity index (χ1) is 5.16. The molecule has 5 nitrogen and oxygen atoms in total. The second-order valence-corrected chi connectivity index (χ2v) is 2.04. The van der Waals surface area contributed by atoms with E-state index in [9.17, 15) is 9.59 Å². The number of hydrogen-bond donors (Lipinski definition) is 3. The van der Waals surface area contributed by atoms with E-state index < -0.39 is 0 Å². The van der Waals surface area contributed by atoms with Gasteiger partial charge in [0.1, 0.15) is 0 Å². The molecule has 0 unspecified atom stereocenters. The van der Waals surface area contributed by atoms with Gasteiger partial charge in [-0.25, -0.2) is 5.43 Å². The highest BCUT2D eigenvalue weighted by molar-refractivity contribution is 5.75. The van der Waals surface area contributed by atoms with E-state index >= 15 is 0 Å². The molecule has 2 amide bonds. The minimum absolute atomic E-state index is 0.102. The molecule has 0 aromatic carbocycles. The van der Waals surface area contributed by atoms with Crippen molar-refractivity contribution in [2.75, 3.05) is 6.54 Å². The van der Waals surface area contributed by atoms with Crippen LogP contribution in [0.1, 0.15) is 19.8 Å². The van der Waals surface area contributed by atoms with Crippen LogP contribution in [0, 0.1) is 0 Å². The van der Waals surface area contributed by atoms with E-state index in [1.165, 1.54) is 0 Å². The van der Waals surface area contributed by atoms with Crippen LogP contribution in [-0.2, 0) is 9.59 Å². The summed E-state index contributed by atoms with van der Waals surface area (Å²) in [6.45, 7) is 2.12. The van der Waals surface area contributed by atoms with Crippen molar-refractivity contribution >= 4 is 11.8 Å². The van der Waals surface area contributed by atoms with Gasteiger partial charge in [-0.05, 0) is 0 Å². The number of nitrogens with two attached hydrogens (primary N) is 1. The van der Waals surface area contributed by atoms with Crippen LogP contribution in [-0.4, -0.2) is 18.4 Å². The Balaban J connectivity index is 3.14. The van der Waals surface area contributed by atoms with Gasteiger partial charge in [-0.1, -0.05) is 6.92 Å². The van der Waals surface area contributed by atoms with Gasteiger partial charge in [-0.15, -0.1) is 0 Å². The lowest BCUT2D eigenvalue weighted by Crippen LogP contribution is -2.38. The molecular formula is C6H13N3O2. The van der Waals surface area contributed by atoms with Crippen molar-refractivity contribution in [3.8, 4) is 0 Å². The monoisotopic (exact) mass is 159 g/mol. The first-order valence-electron chi connectivity index (χ1n) is 3.46. The zero-order valence-electron chi connectivity index (χ0n) is 6.52. The summed E-state index contributed by atoms with van der Waals surface area (Å²) in [6.07, 6.45) is 0.646. The fourth-order valence-corrected chi connectivity index (χ4v) is 0.435. The Morgan fingerprint density at radius 2 is 2.09 bits per heavy atom. The standard InChI is InChI=1S/C6H13N3O2/c1-2-6(11)9-8-4-3-5(7)10/h8H,2-4H2,1H3,(H2,7,10)(H,9,11). The van der Waals surface area contributed by atoms with Gasteiger partial charge < -0.3 is 5.73 Å². The molecule has 4 N–H and O–H groups in total. The fraction of sp³-hybridized carbons (Fsp3) is 0.667. The minimum atomic E-state index is -0.386. The van der Waals surface area contributed by atoms with Crippen molar-refractivity contribution in [1.29, 1.82) is 0 Å². The summed E-state index contributed by atoms with van der Waals surface area (Å²) in [7, 11) is 0. The quantitative estimate of drug-likeness (QED) is 0.351. The number of carbonyl (C=O) groups is 2. The molecule has 0 heterocycles. The van der Waals surface area contributed by atoms with Crippen molar-refractivity contribution < 1.29 is 9.59 Å². The average Bonchev–Trinajstić information content (AvgIpc) is 1.97. The average molecular weight is 159 g/mol. The largest absolute Gasteiger partial charge is 0.370 e. The highest BCUT2D eigenvalue weighted by atomic mass is 16.2. The second-order valence-electron chi connectivity index (χ2n) is 2.04. The Morgan fingerprint density at radius 1 is 1.45 bits per heavy atom. The number of carbonyl (C=O) groups excluding carboxylic acids is 2.